The number of fused-ring (bicyclic) bond motifs is 1. The molecular weight excluding hydrogens is 222 g/mol. The highest BCUT2D eigenvalue weighted by atomic mass is 16.5. The molecule has 0 spiro atoms. The second-order valence-electron chi connectivity index (χ2n) is 6.12. The minimum atomic E-state index is 0.222. The molecule has 2 heteroatoms. The van der Waals surface area contributed by atoms with Crippen molar-refractivity contribution in [3.05, 3.63) is 29.3 Å². The van der Waals surface area contributed by atoms with Gasteiger partial charge in [-0.1, -0.05) is 32.9 Å². The Labute approximate surface area is 111 Å². The summed E-state index contributed by atoms with van der Waals surface area (Å²) in [5.41, 5.74) is 4.41. The molecule has 0 bridgehead atoms. The van der Waals surface area contributed by atoms with Crippen LogP contribution >= 0.6 is 0 Å². The van der Waals surface area contributed by atoms with Crippen LogP contribution in [0.15, 0.2) is 18.2 Å². The molecule has 0 saturated carbocycles. The molecule has 0 saturated heterocycles. The number of anilines is 1. The lowest BCUT2D eigenvalue weighted by molar-refractivity contribution is 0.141. The highest BCUT2D eigenvalue weighted by Crippen LogP contribution is 2.36. The van der Waals surface area contributed by atoms with Gasteiger partial charge in [-0.05, 0) is 36.0 Å². The van der Waals surface area contributed by atoms with Crippen LogP contribution in [0.5, 0.6) is 0 Å². The van der Waals surface area contributed by atoms with E-state index in [0.717, 1.165) is 26.2 Å². The van der Waals surface area contributed by atoms with E-state index < -0.39 is 0 Å². The zero-order chi connectivity index (χ0) is 13.2. The number of rotatable bonds is 4. The standard InChI is InChI=1S/C16H25NO/c1-5-18-9-8-12-11-17-15-10-13(16(2,3)4)6-7-14(12)15/h6-7,10,12,17H,5,8-9,11H2,1-4H3. The molecule has 0 aliphatic carbocycles. The summed E-state index contributed by atoms with van der Waals surface area (Å²) in [5, 5.41) is 3.53. The van der Waals surface area contributed by atoms with Gasteiger partial charge in [0.25, 0.3) is 0 Å². The van der Waals surface area contributed by atoms with Crippen LogP contribution in [0.25, 0.3) is 0 Å². The quantitative estimate of drug-likeness (QED) is 0.814. The third-order valence-electron chi connectivity index (χ3n) is 3.71. The van der Waals surface area contributed by atoms with Gasteiger partial charge in [0.2, 0.25) is 0 Å². The monoisotopic (exact) mass is 247 g/mol. The summed E-state index contributed by atoms with van der Waals surface area (Å²) in [4.78, 5) is 0. The SMILES string of the molecule is CCOCCC1CNc2cc(C(C)(C)C)ccc21. The van der Waals surface area contributed by atoms with Gasteiger partial charge >= 0.3 is 0 Å². The van der Waals surface area contributed by atoms with Gasteiger partial charge in [0.05, 0.1) is 0 Å². The van der Waals surface area contributed by atoms with Crippen LogP contribution < -0.4 is 5.32 Å². The van der Waals surface area contributed by atoms with Gasteiger partial charge in [0.15, 0.2) is 0 Å². The van der Waals surface area contributed by atoms with Crippen LogP contribution in [0.2, 0.25) is 0 Å². The maximum absolute atomic E-state index is 5.46. The van der Waals surface area contributed by atoms with E-state index in [1.165, 1.54) is 16.8 Å². The van der Waals surface area contributed by atoms with Crippen molar-refractivity contribution in [3.8, 4) is 0 Å². The Bertz CT molecular complexity index is 406. The molecule has 1 unspecified atom stereocenters. The Morgan fingerprint density at radius 2 is 2.11 bits per heavy atom. The third kappa shape index (κ3) is 2.86. The maximum atomic E-state index is 5.46. The van der Waals surface area contributed by atoms with E-state index >= 15 is 0 Å². The molecule has 2 nitrogen and oxygen atoms in total. The number of hydrogen-bond donors (Lipinski definition) is 1. The van der Waals surface area contributed by atoms with Crippen molar-refractivity contribution in [1.82, 2.24) is 0 Å². The lowest BCUT2D eigenvalue weighted by Crippen LogP contribution is -2.11. The van der Waals surface area contributed by atoms with Crippen molar-refractivity contribution in [2.45, 2.75) is 45.4 Å². The first kappa shape index (κ1) is 13.4. The summed E-state index contributed by atoms with van der Waals surface area (Å²) in [6.07, 6.45) is 1.11. The lowest BCUT2D eigenvalue weighted by atomic mass is 9.85. The highest BCUT2D eigenvalue weighted by Gasteiger charge is 2.24. The molecule has 1 aliphatic heterocycles. The second-order valence-corrected chi connectivity index (χ2v) is 6.12. The van der Waals surface area contributed by atoms with E-state index in [4.69, 9.17) is 4.74 Å². The Morgan fingerprint density at radius 1 is 1.33 bits per heavy atom. The van der Waals surface area contributed by atoms with Crippen molar-refractivity contribution in [2.75, 3.05) is 25.1 Å². The predicted molar refractivity (Wildman–Crippen MR) is 77.5 cm³/mol. The van der Waals surface area contributed by atoms with Crippen LogP contribution in [-0.2, 0) is 10.2 Å². The normalized spacial score (nSPS) is 18.6. The topological polar surface area (TPSA) is 21.3 Å². The van der Waals surface area contributed by atoms with Gasteiger partial charge in [-0.15, -0.1) is 0 Å². The molecule has 2 rings (SSSR count). The molecule has 1 atom stereocenters. The van der Waals surface area contributed by atoms with E-state index in [0.29, 0.717) is 5.92 Å². The molecule has 1 heterocycles. The highest BCUT2D eigenvalue weighted by molar-refractivity contribution is 5.60. The second kappa shape index (κ2) is 5.31. The van der Waals surface area contributed by atoms with Crippen LogP contribution in [0.3, 0.4) is 0 Å². The molecule has 1 aliphatic rings. The van der Waals surface area contributed by atoms with Crippen molar-refractivity contribution in [1.29, 1.82) is 0 Å². The molecule has 0 aromatic heterocycles. The fraction of sp³-hybridized carbons (Fsp3) is 0.625. The van der Waals surface area contributed by atoms with Crippen LogP contribution in [0.4, 0.5) is 5.69 Å². The molecule has 0 amide bonds. The summed E-state index contributed by atoms with van der Waals surface area (Å²) in [6.45, 7) is 11.6. The largest absolute Gasteiger partial charge is 0.384 e. The Hall–Kier alpha value is -1.02. The van der Waals surface area contributed by atoms with E-state index in [1.54, 1.807) is 0 Å². The Morgan fingerprint density at radius 3 is 2.78 bits per heavy atom. The minimum Gasteiger partial charge on any atom is -0.384 e. The smallest absolute Gasteiger partial charge is 0.0472 e. The van der Waals surface area contributed by atoms with E-state index in [2.05, 4.69) is 51.2 Å². The number of ether oxygens (including phenoxy) is 1. The van der Waals surface area contributed by atoms with Gasteiger partial charge in [-0.2, -0.15) is 0 Å². The first-order valence-corrected chi connectivity index (χ1v) is 6.98. The minimum absolute atomic E-state index is 0.222. The Balaban J connectivity index is 2.10. The summed E-state index contributed by atoms with van der Waals surface area (Å²) < 4.78 is 5.46. The molecular formula is C16H25NO. The van der Waals surface area contributed by atoms with E-state index in [9.17, 15) is 0 Å². The number of hydrogen-bond acceptors (Lipinski definition) is 2. The molecule has 1 aromatic rings. The first-order valence-electron chi connectivity index (χ1n) is 6.98. The van der Waals surface area contributed by atoms with Crippen molar-refractivity contribution in [2.24, 2.45) is 0 Å². The number of benzene rings is 1. The lowest BCUT2D eigenvalue weighted by Gasteiger charge is -2.20. The average molecular weight is 247 g/mol. The molecule has 18 heavy (non-hydrogen) atoms. The van der Waals surface area contributed by atoms with E-state index in [1.807, 2.05) is 0 Å². The third-order valence-corrected chi connectivity index (χ3v) is 3.71. The summed E-state index contributed by atoms with van der Waals surface area (Å²) in [5.74, 6) is 0.612. The zero-order valence-electron chi connectivity index (χ0n) is 12.0. The zero-order valence-corrected chi connectivity index (χ0v) is 12.0. The van der Waals surface area contributed by atoms with Gasteiger partial charge < -0.3 is 10.1 Å². The predicted octanol–water partition coefficient (Wildman–Crippen LogP) is 3.92. The fourth-order valence-corrected chi connectivity index (χ4v) is 2.50. The first-order chi connectivity index (χ1) is 8.52. The molecule has 0 radical (unpaired) electrons. The van der Waals surface area contributed by atoms with Gasteiger partial charge in [-0.3, -0.25) is 0 Å². The van der Waals surface area contributed by atoms with Crippen molar-refractivity contribution in [3.63, 3.8) is 0 Å². The van der Waals surface area contributed by atoms with Gasteiger partial charge in [0, 0.05) is 31.4 Å². The molecule has 100 valence electrons. The molecule has 1 N–H and O–H groups in total. The van der Waals surface area contributed by atoms with Gasteiger partial charge in [-0.25, -0.2) is 0 Å². The molecule has 0 fully saturated rings. The summed E-state index contributed by atoms with van der Waals surface area (Å²) in [6, 6.07) is 6.89. The fourth-order valence-electron chi connectivity index (χ4n) is 2.50. The van der Waals surface area contributed by atoms with Crippen molar-refractivity contribution >= 4 is 5.69 Å². The maximum Gasteiger partial charge on any atom is 0.0472 e. The van der Waals surface area contributed by atoms with Crippen molar-refractivity contribution < 1.29 is 4.74 Å². The number of nitrogens with one attached hydrogen (secondary N) is 1. The van der Waals surface area contributed by atoms with Crippen LogP contribution in [0, 0.1) is 0 Å². The summed E-state index contributed by atoms with van der Waals surface area (Å²) >= 11 is 0. The average Bonchev–Trinajstić information content (AvgIpc) is 2.71. The molecule has 1 aromatic carbocycles. The van der Waals surface area contributed by atoms with Crippen LogP contribution in [0.1, 0.15) is 51.2 Å². The Kier molecular flexibility index (Phi) is 3.96. The van der Waals surface area contributed by atoms with E-state index in [-0.39, 0.29) is 5.41 Å². The summed E-state index contributed by atoms with van der Waals surface area (Å²) in [7, 11) is 0. The van der Waals surface area contributed by atoms with Crippen LogP contribution in [-0.4, -0.2) is 19.8 Å². The van der Waals surface area contributed by atoms with Gasteiger partial charge in [0.1, 0.15) is 0 Å².